The lowest BCUT2D eigenvalue weighted by molar-refractivity contribution is 0.0600. The SMILES string of the molecule is COC(=O)c1ccc2c(c1)CC/C(=C\c1ccco1)C2=O. The Morgan fingerprint density at radius 1 is 1.29 bits per heavy atom. The first-order valence-electron chi connectivity index (χ1n) is 6.69. The van der Waals surface area contributed by atoms with Gasteiger partial charge in [-0.2, -0.15) is 0 Å². The fourth-order valence-electron chi connectivity index (χ4n) is 2.51. The van der Waals surface area contributed by atoms with Gasteiger partial charge in [0.15, 0.2) is 5.78 Å². The summed E-state index contributed by atoms with van der Waals surface area (Å²) in [5, 5.41) is 0. The number of hydrogen-bond acceptors (Lipinski definition) is 4. The lowest BCUT2D eigenvalue weighted by Crippen LogP contribution is -2.15. The molecule has 0 spiro atoms. The van der Waals surface area contributed by atoms with Crippen LogP contribution < -0.4 is 0 Å². The predicted molar refractivity (Wildman–Crippen MR) is 77.1 cm³/mol. The number of hydrogen-bond donors (Lipinski definition) is 0. The van der Waals surface area contributed by atoms with Gasteiger partial charge in [0.2, 0.25) is 0 Å². The van der Waals surface area contributed by atoms with E-state index >= 15 is 0 Å². The highest BCUT2D eigenvalue weighted by Crippen LogP contribution is 2.27. The Hall–Kier alpha value is -2.62. The second-order valence-electron chi connectivity index (χ2n) is 4.88. The molecular weight excluding hydrogens is 268 g/mol. The van der Waals surface area contributed by atoms with Gasteiger partial charge in [-0.3, -0.25) is 4.79 Å². The average molecular weight is 282 g/mol. The van der Waals surface area contributed by atoms with Crippen molar-refractivity contribution in [3.63, 3.8) is 0 Å². The number of fused-ring (bicyclic) bond motifs is 1. The van der Waals surface area contributed by atoms with Crippen LogP contribution in [0.4, 0.5) is 0 Å². The molecule has 4 heteroatoms. The van der Waals surface area contributed by atoms with E-state index in [1.54, 1.807) is 36.6 Å². The summed E-state index contributed by atoms with van der Waals surface area (Å²) < 4.78 is 9.95. The zero-order valence-electron chi connectivity index (χ0n) is 11.6. The number of methoxy groups -OCH3 is 1. The van der Waals surface area contributed by atoms with Crippen molar-refractivity contribution in [3.05, 3.63) is 64.6 Å². The molecule has 1 aliphatic rings. The summed E-state index contributed by atoms with van der Waals surface area (Å²) in [6, 6.07) is 8.66. The third kappa shape index (κ3) is 2.52. The number of rotatable bonds is 2. The van der Waals surface area contributed by atoms with Crippen molar-refractivity contribution in [2.75, 3.05) is 7.11 Å². The van der Waals surface area contributed by atoms with Gasteiger partial charge in [0.05, 0.1) is 18.9 Å². The molecule has 0 saturated heterocycles. The molecule has 4 nitrogen and oxygen atoms in total. The quantitative estimate of drug-likeness (QED) is 0.626. The lowest BCUT2D eigenvalue weighted by atomic mass is 9.85. The standard InChI is InChI=1S/C17H14O4/c1-20-17(19)13-6-7-15-11(9-13)4-5-12(16(15)18)10-14-3-2-8-21-14/h2-3,6-10H,4-5H2,1H3/b12-10+. The molecule has 2 aromatic rings. The Morgan fingerprint density at radius 2 is 2.14 bits per heavy atom. The summed E-state index contributed by atoms with van der Waals surface area (Å²) in [6.07, 6.45) is 4.71. The van der Waals surface area contributed by atoms with Crippen molar-refractivity contribution in [1.29, 1.82) is 0 Å². The maximum absolute atomic E-state index is 12.5. The predicted octanol–water partition coefficient (Wildman–Crippen LogP) is 3.28. The van der Waals surface area contributed by atoms with Crippen LogP contribution in [0.1, 0.15) is 38.5 Å². The van der Waals surface area contributed by atoms with Gasteiger partial charge >= 0.3 is 5.97 Å². The fourth-order valence-corrected chi connectivity index (χ4v) is 2.51. The normalized spacial score (nSPS) is 15.9. The first-order chi connectivity index (χ1) is 10.2. The first kappa shape index (κ1) is 13.4. The maximum Gasteiger partial charge on any atom is 0.337 e. The molecular formula is C17H14O4. The maximum atomic E-state index is 12.5. The molecule has 1 heterocycles. The van der Waals surface area contributed by atoms with Crippen LogP contribution in [-0.4, -0.2) is 18.9 Å². The topological polar surface area (TPSA) is 56.5 Å². The van der Waals surface area contributed by atoms with Crippen LogP contribution in [-0.2, 0) is 11.2 Å². The van der Waals surface area contributed by atoms with Crippen molar-refractivity contribution in [1.82, 2.24) is 0 Å². The second kappa shape index (κ2) is 5.40. The van der Waals surface area contributed by atoms with E-state index in [1.807, 2.05) is 6.07 Å². The summed E-state index contributed by atoms with van der Waals surface area (Å²) in [5.74, 6) is 0.277. The minimum Gasteiger partial charge on any atom is -0.465 e. The molecule has 106 valence electrons. The van der Waals surface area contributed by atoms with Crippen LogP contribution in [0.2, 0.25) is 0 Å². The lowest BCUT2D eigenvalue weighted by Gasteiger charge is -2.17. The molecule has 0 radical (unpaired) electrons. The van der Waals surface area contributed by atoms with Crippen LogP contribution in [0.3, 0.4) is 0 Å². The van der Waals surface area contributed by atoms with Gasteiger partial charge in [-0.05, 0) is 54.8 Å². The van der Waals surface area contributed by atoms with Crippen LogP contribution >= 0.6 is 0 Å². The van der Waals surface area contributed by atoms with Crippen molar-refractivity contribution < 1.29 is 18.7 Å². The molecule has 3 rings (SSSR count). The molecule has 0 unspecified atom stereocenters. The number of carbonyl (C=O) groups excluding carboxylic acids is 2. The fraction of sp³-hybridized carbons (Fsp3) is 0.176. The van der Waals surface area contributed by atoms with Gasteiger partial charge in [0.25, 0.3) is 0 Å². The highest BCUT2D eigenvalue weighted by molar-refractivity contribution is 6.13. The van der Waals surface area contributed by atoms with Crippen molar-refractivity contribution in [2.45, 2.75) is 12.8 Å². The van der Waals surface area contributed by atoms with Crippen LogP contribution in [0, 0.1) is 0 Å². The van der Waals surface area contributed by atoms with Gasteiger partial charge in [0, 0.05) is 11.1 Å². The molecule has 1 aromatic heterocycles. The van der Waals surface area contributed by atoms with E-state index < -0.39 is 0 Å². The Kier molecular flexibility index (Phi) is 3.44. The first-order valence-corrected chi connectivity index (χ1v) is 6.69. The highest BCUT2D eigenvalue weighted by atomic mass is 16.5. The zero-order chi connectivity index (χ0) is 14.8. The molecule has 0 N–H and O–H groups in total. The Labute approximate surface area is 122 Å². The van der Waals surface area contributed by atoms with Crippen molar-refractivity contribution >= 4 is 17.8 Å². The van der Waals surface area contributed by atoms with Crippen LogP contribution in [0.15, 0.2) is 46.6 Å². The number of aryl methyl sites for hydroxylation is 1. The van der Waals surface area contributed by atoms with E-state index in [-0.39, 0.29) is 11.8 Å². The van der Waals surface area contributed by atoms with Gasteiger partial charge < -0.3 is 9.15 Å². The number of Topliss-reactive ketones (excluding diaryl/α,β-unsaturated/α-hetero) is 1. The average Bonchev–Trinajstić information content (AvgIpc) is 3.02. The van der Waals surface area contributed by atoms with Gasteiger partial charge in [-0.25, -0.2) is 4.79 Å². The Balaban J connectivity index is 1.94. The molecule has 0 aliphatic heterocycles. The molecule has 21 heavy (non-hydrogen) atoms. The molecule has 0 atom stereocenters. The monoisotopic (exact) mass is 282 g/mol. The third-order valence-corrected chi connectivity index (χ3v) is 3.59. The molecule has 0 saturated carbocycles. The summed E-state index contributed by atoms with van der Waals surface area (Å²) in [7, 11) is 1.34. The zero-order valence-corrected chi connectivity index (χ0v) is 11.6. The number of benzene rings is 1. The number of furan rings is 1. The Morgan fingerprint density at radius 3 is 2.86 bits per heavy atom. The minimum absolute atomic E-state index is 0.0101. The van der Waals surface area contributed by atoms with Crippen molar-refractivity contribution in [3.8, 4) is 0 Å². The van der Waals surface area contributed by atoms with Gasteiger partial charge in [0.1, 0.15) is 5.76 Å². The van der Waals surface area contributed by atoms with E-state index in [2.05, 4.69) is 0 Å². The molecule has 0 bridgehead atoms. The molecule has 0 fully saturated rings. The summed E-state index contributed by atoms with van der Waals surface area (Å²) in [4.78, 5) is 24.0. The number of ketones is 1. The number of esters is 1. The second-order valence-corrected chi connectivity index (χ2v) is 4.88. The number of carbonyl (C=O) groups is 2. The van der Waals surface area contributed by atoms with E-state index in [0.29, 0.717) is 23.3 Å². The van der Waals surface area contributed by atoms with Crippen LogP contribution in [0.5, 0.6) is 0 Å². The summed E-state index contributed by atoms with van der Waals surface area (Å²) in [5.41, 5.74) is 2.73. The largest absolute Gasteiger partial charge is 0.465 e. The van der Waals surface area contributed by atoms with Crippen molar-refractivity contribution in [2.24, 2.45) is 0 Å². The summed E-state index contributed by atoms with van der Waals surface area (Å²) in [6.45, 7) is 0. The highest BCUT2D eigenvalue weighted by Gasteiger charge is 2.23. The van der Waals surface area contributed by atoms with Gasteiger partial charge in [-0.15, -0.1) is 0 Å². The van der Waals surface area contributed by atoms with E-state index in [4.69, 9.17) is 9.15 Å². The van der Waals surface area contributed by atoms with Gasteiger partial charge in [-0.1, -0.05) is 0 Å². The molecule has 0 amide bonds. The smallest absolute Gasteiger partial charge is 0.337 e. The molecule has 1 aromatic carbocycles. The number of allylic oxidation sites excluding steroid dienone is 1. The van der Waals surface area contributed by atoms with E-state index in [1.165, 1.54) is 7.11 Å². The third-order valence-electron chi connectivity index (χ3n) is 3.59. The van der Waals surface area contributed by atoms with Crippen LogP contribution in [0.25, 0.3) is 6.08 Å². The van der Waals surface area contributed by atoms with E-state index in [0.717, 1.165) is 17.6 Å². The minimum atomic E-state index is -0.387. The van der Waals surface area contributed by atoms with E-state index in [9.17, 15) is 9.59 Å². The molecule has 1 aliphatic carbocycles. The number of ether oxygens (including phenoxy) is 1. The summed E-state index contributed by atoms with van der Waals surface area (Å²) >= 11 is 0. The Bertz CT molecular complexity index is 723.